The summed E-state index contributed by atoms with van der Waals surface area (Å²) in [6, 6.07) is 1.68. The maximum absolute atomic E-state index is 11.7. The van der Waals surface area contributed by atoms with Gasteiger partial charge in [0.05, 0.1) is 10.4 Å². The minimum atomic E-state index is -0.539. The first-order valence-corrected chi connectivity index (χ1v) is 6.18. The Balaban J connectivity index is 2.24. The van der Waals surface area contributed by atoms with E-state index in [1.165, 1.54) is 11.3 Å². The second kappa shape index (κ2) is 4.41. The fourth-order valence-electron chi connectivity index (χ4n) is 1.36. The Kier molecular flexibility index (Phi) is 3.08. The van der Waals surface area contributed by atoms with Gasteiger partial charge in [-0.3, -0.25) is 5.32 Å². The van der Waals surface area contributed by atoms with Gasteiger partial charge in [0, 0.05) is 6.20 Å². The number of nitrogens with two attached hydrogens (primary N) is 1. The van der Waals surface area contributed by atoms with E-state index >= 15 is 0 Å². The first-order chi connectivity index (χ1) is 8.35. The van der Waals surface area contributed by atoms with Gasteiger partial charge < -0.3 is 10.5 Å². The molecule has 0 aliphatic heterocycles. The number of amides is 1. The summed E-state index contributed by atoms with van der Waals surface area (Å²) < 4.78 is 5.92. The number of nitrogens with zero attached hydrogens (tertiary/aromatic N) is 2. The Bertz CT molecular complexity index is 588. The molecule has 0 saturated heterocycles. The third-order valence-corrected chi connectivity index (χ3v) is 2.85. The molecule has 0 bridgehead atoms. The van der Waals surface area contributed by atoms with Gasteiger partial charge in [0.25, 0.3) is 0 Å². The van der Waals surface area contributed by atoms with Crippen molar-refractivity contribution in [2.75, 3.05) is 11.1 Å². The van der Waals surface area contributed by atoms with Crippen LogP contribution in [0.1, 0.15) is 20.8 Å². The van der Waals surface area contributed by atoms with Gasteiger partial charge in [-0.2, -0.15) is 0 Å². The Morgan fingerprint density at radius 2 is 2.22 bits per heavy atom. The quantitative estimate of drug-likeness (QED) is 0.828. The molecule has 3 N–H and O–H groups in total. The minimum absolute atomic E-state index is 0.413. The summed E-state index contributed by atoms with van der Waals surface area (Å²) in [7, 11) is 0. The van der Waals surface area contributed by atoms with Gasteiger partial charge in [0.2, 0.25) is 0 Å². The molecular formula is C11H14N4O2S. The first-order valence-electron chi connectivity index (χ1n) is 5.36. The van der Waals surface area contributed by atoms with Crippen LogP contribution in [0.2, 0.25) is 0 Å². The van der Waals surface area contributed by atoms with Gasteiger partial charge in [-0.05, 0) is 26.8 Å². The predicted molar refractivity (Wildman–Crippen MR) is 71.7 cm³/mol. The Labute approximate surface area is 108 Å². The molecular weight excluding hydrogens is 252 g/mol. The number of carbonyl (C=O) groups excluding carboxylic acids is 1. The SMILES string of the molecule is CC(C)(C)OC(=O)Nc1ccnc2nc(N)sc12. The molecule has 7 heteroatoms. The van der Waals surface area contributed by atoms with E-state index in [0.29, 0.717) is 16.5 Å². The maximum atomic E-state index is 11.7. The van der Waals surface area contributed by atoms with Crippen molar-refractivity contribution in [1.82, 2.24) is 9.97 Å². The lowest BCUT2D eigenvalue weighted by atomic mass is 10.2. The highest BCUT2D eigenvalue weighted by Crippen LogP contribution is 2.29. The topological polar surface area (TPSA) is 90.1 Å². The number of nitrogen functional groups attached to an aromatic ring is 1. The van der Waals surface area contributed by atoms with Crippen LogP contribution in [-0.4, -0.2) is 21.7 Å². The predicted octanol–water partition coefficient (Wildman–Crippen LogP) is 2.62. The molecule has 0 spiro atoms. The highest BCUT2D eigenvalue weighted by atomic mass is 32.1. The van der Waals surface area contributed by atoms with Crippen molar-refractivity contribution in [2.45, 2.75) is 26.4 Å². The normalized spacial score (nSPS) is 11.5. The van der Waals surface area contributed by atoms with Crippen molar-refractivity contribution in [3.05, 3.63) is 12.3 Å². The van der Waals surface area contributed by atoms with Gasteiger partial charge in [-0.15, -0.1) is 0 Å². The molecule has 2 rings (SSSR count). The Hall–Kier alpha value is -1.89. The van der Waals surface area contributed by atoms with Crippen molar-refractivity contribution >= 4 is 38.6 Å². The Morgan fingerprint density at radius 1 is 1.50 bits per heavy atom. The van der Waals surface area contributed by atoms with Crippen LogP contribution in [-0.2, 0) is 4.74 Å². The molecule has 0 fully saturated rings. The van der Waals surface area contributed by atoms with Crippen LogP contribution >= 0.6 is 11.3 Å². The molecule has 0 saturated carbocycles. The van der Waals surface area contributed by atoms with Crippen LogP contribution in [0.5, 0.6) is 0 Å². The average Bonchev–Trinajstić information content (AvgIpc) is 2.56. The lowest BCUT2D eigenvalue weighted by Gasteiger charge is -2.19. The van der Waals surface area contributed by atoms with Gasteiger partial charge in [0.1, 0.15) is 5.60 Å². The number of fused-ring (bicyclic) bond motifs is 1. The number of pyridine rings is 1. The minimum Gasteiger partial charge on any atom is -0.444 e. The zero-order valence-corrected chi connectivity index (χ0v) is 11.2. The van der Waals surface area contributed by atoms with Crippen LogP contribution < -0.4 is 11.1 Å². The molecule has 0 aromatic carbocycles. The number of hydrogen-bond acceptors (Lipinski definition) is 6. The molecule has 6 nitrogen and oxygen atoms in total. The molecule has 0 aliphatic carbocycles. The van der Waals surface area contributed by atoms with E-state index in [-0.39, 0.29) is 0 Å². The van der Waals surface area contributed by atoms with Crippen LogP contribution in [0.4, 0.5) is 15.6 Å². The number of ether oxygens (including phenoxy) is 1. The van der Waals surface area contributed by atoms with Crippen molar-refractivity contribution in [2.24, 2.45) is 0 Å². The van der Waals surface area contributed by atoms with Gasteiger partial charge in [0.15, 0.2) is 10.8 Å². The molecule has 0 aliphatic rings. The number of nitrogens with one attached hydrogen (secondary N) is 1. The second-order valence-corrected chi connectivity index (χ2v) is 5.72. The summed E-state index contributed by atoms with van der Waals surface area (Å²) in [5, 5.41) is 3.08. The van der Waals surface area contributed by atoms with E-state index in [1.54, 1.807) is 33.0 Å². The highest BCUT2D eigenvalue weighted by Gasteiger charge is 2.17. The second-order valence-electron chi connectivity index (χ2n) is 4.69. The molecule has 96 valence electrons. The molecule has 2 heterocycles. The van der Waals surface area contributed by atoms with E-state index in [9.17, 15) is 4.79 Å². The third-order valence-electron chi connectivity index (χ3n) is 1.94. The van der Waals surface area contributed by atoms with Crippen LogP contribution in [0, 0.1) is 0 Å². The van der Waals surface area contributed by atoms with Crippen molar-refractivity contribution in [3.63, 3.8) is 0 Å². The monoisotopic (exact) mass is 266 g/mol. The van der Waals surface area contributed by atoms with E-state index < -0.39 is 11.7 Å². The van der Waals surface area contributed by atoms with Crippen LogP contribution in [0.25, 0.3) is 10.3 Å². The Morgan fingerprint density at radius 3 is 2.89 bits per heavy atom. The molecule has 0 atom stereocenters. The smallest absolute Gasteiger partial charge is 0.412 e. The van der Waals surface area contributed by atoms with E-state index in [1.807, 2.05) is 0 Å². The molecule has 2 aromatic rings. The highest BCUT2D eigenvalue weighted by molar-refractivity contribution is 7.22. The summed E-state index contributed by atoms with van der Waals surface area (Å²) in [5.41, 5.74) is 6.20. The summed E-state index contributed by atoms with van der Waals surface area (Å²) >= 11 is 1.27. The fourth-order valence-corrected chi connectivity index (χ4v) is 2.12. The number of rotatable bonds is 1. The zero-order valence-electron chi connectivity index (χ0n) is 10.4. The van der Waals surface area contributed by atoms with Crippen molar-refractivity contribution in [1.29, 1.82) is 0 Å². The lowest BCUT2D eigenvalue weighted by Crippen LogP contribution is -2.27. The fraction of sp³-hybridized carbons (Fsp3) is 0.364. The summed E-state index contributed by atoms with van der Waals surface area (Å²) in [6.07, 6.45) is 1.05. The van der Waals surface area contributed by atoms with E-state index in [0.717, 1.165) is 4.70 Å². The van der Waals surface area contributed by atoms with E-state index in [4.69, 9.17) is 10.5 Å². The lowest BCUT2D eigenvalue weighted by molar-refractivity contribution is 0.0636. The standard InChI is InChI=1S/C11H14N4O2S/c1-11(2,3)17-10(16)14-6-4-5-13-8-7(6)18-9(12)15-8/h4-5H,1-3H3,(H3,12,13,14,15,16). The maximum Gasteiger partial charge on any atom is 0.412 e. The number of hydrogen-bond donors (Lipinski definition) is 2. The molecule has 1 amide bonds. The zero-order chi connectivity index (χ0) is 13.3. The summed E-state index contributed by atoms with van der Waals surface area (Å²) in [5.74, 6) is 0. The molecule has 2 aromatic heterocycles. The molecule has 0 unspecified atom stereocenters. The van der Waals surface area contributed by atoms with Crippen molar-refractivity contribution < 1.29 is 9.53 Å². The largest absolute Gasteiger partial charge is 0.444 e. The van der Waals surface area contributed by atoms with Gasteiger partial charge >= 0.3 is 6.09 Å². The number of thiazole rings is 1. The number of aromatic nitrogens is 2. The van der Waals surface area contributed by atoms with Crippen molar-refractivity contribution in [3.8, 4) is 0 Å². The summed E-state index contributed by atoms with van der Waals surface area (Å²) in [6.45, 7) is 5.41. The average molecular weight is 266 g/mol. The van der Waals surface area contributed by atoms with Gasteiger partial charge in [-0.1, -0.05) is 11.3 Å². The van der Waals surface area contributed by atoms with Crippen LogP contribution in [0.15, 0.2) is 12.3 Å². The number of carbonyl (C=O) groups is 1. The van der Waals surface area contributed by atoms with Crippen LogP contribution in [0.3, 0.4) is 0 Å². The number of anilines is 2. The first kappa shape index (κ1) is 12.6. The third kappa shape index (κ3) is 2.86. The molecule has 0 radical (unpaired) electrons. The van der Waals surface area contributed by atoms with E-state index in [2.05, 4.69) is 15.3 Å². The molecule has 18 heavy (non-hydrogen) atoms. The summed E-state index contributed by atoms with van der Waals surface area (Å²) in [4.78, 5) is 19.8. The van der Waals surface area contributed by atoms with Gasteiger partial charge in [-0.25, -0.2) is 14.8 Å².